The van der Waals surface area contributed by atoms with Crippen molar-refractivity contribution in [3.05, 3.63) is 27.9 Å². The van der Waals surface area contributed by atoms with Crippen LogP contribution in [0.5, 0.6) is 0 Å². The molecule has 7 heteroatoms. The molecule has 3 rings (SSSR count). The van der Waals surface area contributed by atoms with Gasteiger partial charge in [-0.05, 0) is 37.5 Å². The number of nitro groups is 1. The highest BCUT2D eigenvalue weighted by Gasteiger charge is 2.40. The van der Waals surface area contributed by atoms with Gasteiger partial charge in [0.25, 0.3) is 5.69 Å². The van der Waals surface area contributed by atoms with E-state index in [-0.39, 0.29) is 11.3 Å². The van der Waals surface area contributed by atoms with Crippen molar-refractivity contribution in [3.63, 3.8) is 0 Å². The fourth-order valence-electron chi connectivity index (χ4n) is 3.02. The van der Waals surface area contributed by atoms with E-state index in [4.69, 9.17) is 4.74 Å². The van der Waals surface area contributed by atoms with E-state index < -0.39 is 4.92 Å². The average Bonchev–Trinajstić information content (AvgIpc) is 2.89. The van der Waals surface area contributed by atoms with E-state index in [2.05, 4.69) is 10.3 Å². The summed E-state index contributed by atoms with van der Waals surface area (Å²) in [4.78, 5) is 14.5. The van der Waals surface area contributed by atoms with E-state index in [0.717, 1.165) is 43.0 Å². The fraction of sp³-hybridized carbons (Fsp3) is 0.643. The number of hydrogen-bond acceptors (Lipinski definition) is 6. The zero-order chi connectivity index (χ0) is 14.9. The second-order valence-corrected chi connectivity index (χ2v) is 6.89. The zero-order valence-corrected chi connectivity index (χ0v) is 12.8. The first-order chi connectivity index (χ1) is 10.1. The Morgan fingerprint density at radius 2 is 2.48 bits per heavy atom. The highest BCUT2D eigenvalue weighted by Crippen LogP contribution is 2.39. The van der Waals surface area contributed by atoms with Gasteiger partial charge in [0, 0.05) is 24.5 Å². The van der Waals surface area contributed by atoms with Crippen molar-refractivity contribution >= 4 is 23.3 Å². The molecule has 1 aromatic heterocycles. The molecular weight excluding hydrogens is 290 g/mol. The van der Waals surface area contributed by atoms with E-state index in [1.54, 1.807) is 6.07 Å². The molecule has 114 valence electrons. The summed E-state index contributed by atoms with van der Waals surface area (Å²) in [6, 6.07) is 1.89. The molecule has 21 heavy (non-hydrogen) atoms. The summed E-state index contributed by atoms with van der Waals surface area (Å²) in [6.07, 6.45) is 4.36. The lowest BCUT2D eigenvalue weighted by atomic mass is 9.90. The molecule has 2 aliphatic heterocycles. The third kappa shape index (κ3) is 3.13. The number of nitrogens with one attached hydrogen (secondary N) is 1. The lowest BCUT2D eigenvalue weighted by Gasteiger charge is -2.38. The van der Waals surface area contributed by atoms with Gasteiger partial charge in [-0.15, -0.1) is 0 Å². The van der Waals surface area contributed by atoms with Crippen LogP contribution >= 0.6 is 11.8 Å². The second-order valence-electron chi connectivity index (χ2n) is 5.78. The maximum atomic E-state index is 10.8. The first-order valence-corrected chi connectivity index (χ1v) is 8.33. The summed E-state index contributed by atoms with van der Waals surface area (Å²) >= 11 is 1.95. The Labute approximate surface area is 127 Å². The summed E-state index contributed by atoms with van der Waals surface area (Å²) < 4.78 is 6.00. The van der Waals surface area contributed by atoms with E-state index >= 15 is 0 Å². The van der Waals surface area contributed by atoms with Gasteiger partial charge in [-0.25, -0.2) is 4.98 Å². The summed E-state index contributed by atoms with van der Waals surface area (Å²) in [5, 5.41) is 14.2. The number of thioether (sulfide) groups is 1. The molecule has 0 radical (unpaired) electrons. The average molecular weight is 309 g/mol. The van der Waals surface area contributed by atoms with Crippen LogP contribution in [0.25, 0.3) is 0 Å². The van der Waals surface area contributed by atoms with Crippen molar-refractivity contribution in [1.82, 2.24) is 4.98 Å². The van der Waals surface area contributed by atoms with Gasteiger partial charge in [0.15, 0.2) is 0 Å². The van der Waals surface area contributed by atoms with Crippen molar-refractivity contribution < 1.29 is 9.66 Å². The SMILES string of the molecule is Cc1cc([N+](=O)[O-])cnc1N[C@H]1CCO[C@]2(CCSC2)C1. The van der Waals surface area contributed by atoms with Crippen LogP contribution in [0.2, 0.25) is 0 Å². The molecule has 6 nitrogen and oxygen atoms in total. The molecule has 0 aliphatic carbocycles. The van der Waals surface area contributed by atoms with Crippen LogP contribution in [0.1, 0.15) is 24.8 Å². The number of hydrogen-bond donors (Lipinski definition) is 1. The lowest BCUT2D eigenvalue weighted by molar-refractivity contribution is -0.385. The molecule has 1 spiro atoms. The monoisotopic (exact) mass is 309 g/mol. The molecule has 2 fully saturated rings. The van der Waals surface area contributed by atoms with E-state index in [1.807, 2.05) is 18.7 Å². The second kappa shape index (κ2) is 5.81. The van der Waals surface area contributed by atoms with Crippen LogP contribution in [0.15, 0.2) is 12.3 Å². The van der Waals surface area contributed by atoms with Crippen LogP contribution < -0.4 is 5.32 Å². The minimum absolute atomic E-state index is 0.0231. The maximum Gasteiger partial charge on any atom is 0.287 e. The molecule has 0 aromatic carbocycles. The Hall–Kier alpha value is -1.34. The number of anilines is 1. The highest BCUT2D eigenvalue weighted by molar-refractivity contribution is 7.99. The Morgan fingerprint density at radius 1 is 1.62 bits per heavy atom. The molecule has 0 saturated carbocycles. The first-order valence-electron chi connectivity index (χ1n) is 7.17. The lowest BCUT2D eigenvalue weighted by Crippen LogP contribution is -2.44. The third-order valence-corrected chi connectivity index (χ3v) is 5.40. The summed E-state index contributed by atoms with van der Waals surface area (Å²) in [7, 11) is 0. The van der Waals surface area contributed by atoms with Crippen molar-refractivity contribution in [2.24, 2.45) is 0 Å². The van der Waals surface area contributed by atoms with Gasteiger partial charge >= 0.3 is 0 Å². The number of aromatic nitrogens is 1. The number of nitrogens with zero attached hydrogens (tertiary/aromatic N) is 2. The number of ether oxygens (including phenoxy) is 1. The fourth-order valence-corrected chi connectivity index (χ4v) is 4.40. The van der Waals surface area contributed by atoms with E-state index in [9.17, 15) is 10.1 Å². The summed E-state index contributed by atoms with van der Waals surface area (Å²) in [6.45, 7) is 2.62. The standard InChI is InChI=1S/C14H19N3O3S/c1-10-6-12(17(18)19)8-15-13(10)16-11-2-4-20-14(7-11)3-5-21-9-14/h6,8,11H,2-5,7,9H2,1H3,(H,15,16)/t11-,14+/m0/s1. The molecule has 0 bridgehead atoms. The van der Waals surface area contributed by atoms with Crippen molar-refractivity contribution in [1.29, 1.82) is 0 Å². The normalized spacial score (nSPS) is 28.7. The minimum Gasteiger partial charge on any atom is -0.374 e. The number of rotatable bonds is 3. The van der Waals surface area contributed by atoms with Crippen molar-refractivity contribution in [3.8, 4) is 0 Å². The molecule has 2 saturated heterocycles. The van der Waals surface area contributed by atoms with Gasteiger partial charge in [-0.1, -0.05) is 0 Å². The van der Waals surface area contributed by atoms with Gasteiger partial charge in [-0.3, -0.25) is 10.1 Å². The largest absolute Gasteiger partial charge is 0.374 e. The number of aryl methyl sites for hydroxylation is 1. The summed E-state index contributed by atoms with van der Waals surface area (Å²) in [5.74, 6) is 2.98. The van der Waals surface area contributed by atoms with Crippen molar-refractivity contribution in [2.75, 3.05) is 23.4 Å². The number of pyridine rings is 1. The van der Waals surface area contributed by atoms with Crippen LogP contribution in [-0.2, 0) is 4.74 Å². The van der Waals surface area contributed by atoms with E-state index in [1.165, 1.54) is 11.9 Å². The Morgan fingerprint density at radius 3 is 3.14 bits per heavy atom. The molecule has 0 unspecified atom stereocenters. The first kappa shape index (κ1) is 14.6. The molecule has 0 amide bonds. The Balaban J connectivity index is 1.70. The maximum absolute atomic E-state index is 10.8. The van der Waals surface area contributed by atoms with Gasteiger partial charge in [-0.2, -0.15) is 11.8 Å². The van der Waals surface area contributed by atoms with Crippen LogP contribution in [0, 0.1) is 17.0 Å². The van der Waals surface area contributed by atoms with E-state index in [0.29, 0.717) is 6.04 Å². The molecule has 2 atom stereocenters. The van der Waals surface area contributed by atoms with Gasteiger partial charge in [0.2, 0.25) is 0 Å². The topological polar surface area (TPSA) is 77.3 Å². The molecular formula is C14H19N3O3S. The summed E-state index contributed by atoms with van der Waals surface area (Å²) in [5.41, 5.74) is 0.870. The van der Waals surface area contributed by atoms with Crippen molar-refractivity contribution in [2.45, 2.75) is 37.8 Å². The van der Waals surface area contributed by atoms with Gasteiger partial charge in [0.1, 0.15) is 12.0 Å². The highest BCUT2D eigenvalue weighted by atomic mass is 32.2. The van der Waals surface area contributed by atoms with Crippen LogP contribution in [-0.4, -0.2) is 39.7 Å². The van der Waals surface area contributed by atoms with Gasteiger partial charge in [0.05, 0.1) is 10.5 Å². The molecule has 1 N–H and O–H groups in total. The third-order valence-electron chi connectivity index (χ3n) is 4.18. The zero-order valence-electron chi connectivity index (χ0n) is 12.0. The molecule has 2 aliphatic rings. The predicted octanol–water partition coefficient (Wildman–Crippen LogP) is 2.76. The van der Waals surface area contributed by atoms with Crippen LogP contribution in [0.3, 0.4) is 0 Å². The minimum atomic E-state index is -0.414. The Kier molecular flexibility index (Phi) is 4.03. The molecule has 1 aromatic rings. The van der Waals surface area contributed by atoms with Crippen LogP contribution in [0.4, 0.5) is 11.5 Å². The Bertz CT molecular complexity index is 546. The smallest absolute Gasteiger partial charge is 0.287 e. The quantitative estimate of drug-likeness (QED) is 0.683. The molecule has 3 heterocycles. The predicted molar refractivity (Wildman–Crippen MR) is 82.9 cm³/mol. The van der Waals surface area contributed by atoms with Gasteiger partial charge < -0.3 is 10.1 Å².